The molecule has 0 radical (unpaired) electrons. The number of hydrogen-bond donors (Lipinski definition) is 2. The first kappa shape index (κ1) is 21.4. The number of thioether (sulfide) groups is 1. The molecule has 2 aliphatic rings. The second-order valence-electron chi connectivity index (χ2n) is 7.30. The van der Waals surface area contributed by atoms with E-state index in [0.717, 1.165) is 23.8 Å². The standard InChI is InChI=1S/C20H29N5O3S/c1-4-11-25-17(14-9-7-6-8-10-14)23-24-20(25)29-12-15-16(18(26)28-5-2)13(3)21-19(27)22-15/h4,13-14H,1,5-12H2,2-3H3,(H2,21,22,27)/t13-/m1/s1. The first-order valence-electron chi connectivity index (χ1n) is 10.2. The molecule has 1 aliphatic heterocycles. The highest BCUT2D eigenvalue weighted by Crippen LogP contribution is 2.33. The lowest BCUT2D eigenvalue weighted by atomic mass is 9.89. The molecule has 1 fully saturated rings. The van der Waals surface area contributed by atoms with Gasteiger partial charge in [-0.3, -0.25) is 0 Å². The molecule has 8 nitrogen and oxygen atoms in total. The number of allylic oxidation sites excluding steroid dienone is 1. The second-order valence-corrected chi connectivity index (χ2v) is 8.24. The highest BCUT2D eigenvalue weighted by molar-refractivity contribution is 7.99. The molecular weight excluding hydrogens is 390 g/mol. The lowest BCUT2D eigenvalue weighted by molar-refractivity contribution is -0.138. The molecule has 0 spiro atoms. The van der Waals surface area contributed by atoms with Crippen molar-refractivity contribution in [2.75, 3.05) is 12.4 Å². The van der Waals surface area contributed by atoms with Crippen LogP contribution in [0.1, 0.15) is 57.7 Å². The summed E-state index contributed by atoms with van der Waals surface area (Å²) in [6, 6.07) is -0.737. The summed E-state index contributed by atoms with van der Waals surface area (Å²) >= 11 is 1.46. The smallest absolute Gasteiger partial charge is 0.337 e. The van der Waals surface area contributed by atoms with Crippen LogP contribution in [-0.4, -0.2) is 45.2 Å². The van der Waals surface area contributed by atoms with Gasteiger partial charge in [0.25, 0.3) is 0 Å². The van der Waals surface area contributed by atoms with Crippen molar-refractivity contribution in [1.29, 1.82) is 0 Å². The van der Waals surface area contributed by atoms with Gasteiger partial charge in [0.2, 0.25) is 0 Å². The summed E-state index contributed by atoms with van der Waals surface area (Å²) in [6.07, 6.45) is 7.85. The zero-order chi connectivity index (χ0) is 20.8. The van der Waals surface area contributed by atoms with Crippen LogP contribution >= 0.6 is 11.8 Å². The van der Waals surface area contributed by atoms with Crippen LogP contribution in [0.25, 0.3) is 0 Å². The van der Waals surface area contributed by atoms with Crippen LogP contribution in [0.3, 0.4) is 0 Å². The van der Waals surface area contributed by atoms with E-state index >= 15 is 0 Å². The van der Waals surface area contributed by atoms with Gasteiger partial charge in [-0.05, 0) is 26.7 Å². The van der Waals surface area contributed by atoms with E-state index in [0.29, 0.717) is 29.5 Å². The molecule has 9 heteroatoms. The van der Waals surface area contributed by atoms with Crippen molar-refractivity contribution < 1.29 is 14.3 Å². The van der Waals surface area contributed by atoms with Gasteiger partial charge in [0.05, 0.1) is 18.2 Å². The van der Waals surface area contributed by atoms with E-state index in [9.17, 15) is 9.59 Å². The number of rotatable bonds is 8. The van der Waals surface area contributed by atoms with Crippen LogP contribution in [0, 0.1) is 0 Å². The predicted octanol–water partition coefficient (Wildman–Crippen LogP) is 3.12. The number of carbonyl (C=O) groups is 2. The van der Waals surface area contributed by atoms with Crippen LogP contribution in [0.5, 0.6) is 0 Å². The van der Waals surface area contributed by atoms with Crippen LogP contribution in [0.4, 0.5) is 4.79 Å². The molecule has 1 atom stereocenters. The lowest BCUT2D eigenvalue weighted by Gasteiger charge is -2.26. The maximum absolute atomic E-state index is 12.4. The molecule has 0 saturated heterocycles. The summed E-state index contributed by atoms with van der Waals surface area (Å²) in [5.74, 6) is 1.41. The molecule has 2 heterocycles. The average Bonchev–Trinajstić information content (AvgIpc) is 3.09. The van der Waals surface area contributed by atoms with Crippen LogP contribution < -0.4 is 10.6 Å². The molecule has 2 amide bonds. The van der Waals surface area contributed by atoms with Gasteiger partial charge < -0.3 is 19.9 Å². The molecule has 3 rings (SSSR count). The Kier molecular flexibility index (Phi) is 7.35. The fourth-order valence-corrected chi connectivity index (χ4v) is 4.82. The minimum Gasteiger partial charge on any atom is -0.463 e. The monoisotopic (exact) mass is 419 g/mol. The van der Waals surface area contributed by atoms with Crippen molar-refractivity contribution in [3.8, 4) is 0 Å². The van der Waals surface area contributed by atoms with Gasteiger partial charge in [-0.2, -0.15) is 0 Å². The van der Waals surface area contributed by atoms with Gasteiger partial charge in [-0.1, -0.05) is 37.1 Å². The van der Waals surface area contributed by atoms with E-state index in [1.807, 2.05) is 6.08 Å². The summed E-state index contributed by atoms with van der Waals surface area (Å²) < 4.78 is 7.27. The molecular formula is C20H29N5O3S. The Bertz CT molecular complexity index is 798. The topological polar surface area (TPSA) is 98.1 Å². The molecule has 1 aliphatic carbocycles. The van der Waals surface area contributed by atoms with E-state index < -0.39 is 12.0 Å². The molecule has 1 saturated carbocycles. The maximum atomic E-state index is 12.4. The number of nitrogens with one attached hydrogen (secondary N) is 2. The minimum absolute atomic E-state index is 0.280. The largest absolute Gasteiger partial charge is 0.463 e. The normalized spacial score (nSPS) is 20.2. The van der Waals surface area contributed by atoms with E-state index in [2.05, 4.69) is 32.0 Å². The summed E-state index contributed by atoms with van der Waals surface area (Å²) in [6.45, 7) is 8.32. The third-order valence-electron chi connectivity index (χ3n) is 5.24. The molecule has 1 aromatic heterocycles. The summed E-state index contributed by atoms with van der Waals surface area (Å²) in [5, 5.41) is 15.1. The number of urea groups is 1. The number of esters is 1. The Morgan fingerprint density at radius 3 is 2.79 bits per heavy atom. The van der Waals surface area contributed by atoms with Crippen LogP contribution in [-0.2, 0) is 16.1 Å². The van der Waals surface area contributed by atoms with Crippen molar-refractivity contribution in [3.63, 3.8) is 0 Å². The van der Waals surface area contributed by atoms with Gasteiger partial charge >= 0.3 is 12.0 Å². The average molecular weight is 420 g/mol. The molecule has 158 valence electrons. The van der Waals surface area contributed by atoms with Crippen molar-refractivity contribution in [3.05, 3.63) is 29.7 Å². The number of ether oxygens (including phenoxy) is 1. The predicted molar refractivity (Wildman–Crippen MR) is 112 cm³/mol. The molecule has 2 N–H and O–H groups in total. The Balaban J connectivity index is 1.82. The third kappa shape index (κ3) is 5.01. The van der Waals surface area contributed by atoms with Crippen molar-refractivity contribution in [1.82, 2.24) is 25.4 Å². The number of hydrogen-bond acceptors (Lipinski definition) is 6. The molecule has 0 unspecified atom stereocenters. The van der Waals surface area contributed by atoms with E-state index in [1.54, 1.807) is 13.8 Å². The molecule has 0 bridgehead atoms. The second kappa shape index (κ2) is 9.96. The van der Waals surface area contributed by atoms with Crippen molar-refractivity contribution in [2.45, 2.75) is 69.6 Å². The van der Waals surface area contributed by atoms with E-state index in [1.165, 1.54) is 31.0 Å². The number of aromatic nitrogens is 3. The summed E-state index contributed by atoms with van der Waals surface area (Å²) in [7, 11) is 0. The lowest BCUT2D eigenvalue weighted by Crippen LogP contribution is -2.49. The van der Waals surface area contributed by atoms with Crippen LogP contribution in [0.2, 0.25) is 0 Å². The Hall–Kier alpha value is -2.29. The first-order chi connectivity index (χ1) is 14.0. The summed E-state index contributed by atoms with van der Waals surface area (Å²) in [4.78, 5) is 24.3. The first-order valence-corrected chi connectivity index (χ1v) is 11.2. The maximum Gasteiger partial charge on any atom is 0.337 e. The molecule has 1 aromatic rings. The SMILES string of the molecule is C=CCn1c(SCC2=C(C(=O)OCC)[C@@H](C)NC(=O)N2)nnc1C1CCCCC1. The fraction of sp³-hybridized carbons (Fsp3) is 0.600. The van der Waals surface area contributed by atoms with Gasteiger partial charge in [-0.25, -0.2) is 9.59 Å². The third-order valence-corrected chi connectivity index (χ3v) is 6.23. The van der Waals surface area contributed by atoms with Gasteiger partial charge in [0.15, 0.2) is 5.16 Å². The number of amides is 2. The minimum atomic E-state index is -0.418. The van der Waals surface area contributed by atoms with E-state index in [4.69, 9.17) is 4.74 Å². The Labute approximate surface area is 175 Å². The Morgan fingerprint density at radius 2 is 2.10 bits per heavy atom. The van der Waals surface area contributed by atoms with Crippen LogP contribution in [0.15, 0.2) is 29.1 Å². The van der Waals surface area contributed by atoms with Gasteiger partial charge in [0.1, 0.15) is 5.82 Å². The molecule has 0 aromatic carbocycles. The zero-order valence-corrected chi connectivity index (χ0v) is 17.9. The quantitative estimate of drug-likeness (QED) is 0.382. The van der Waals surface area contributed by atoms with Crippen molar-refractivity contribution in [2.24, 2.45) is 0 Å². The summed E-state index contributed by atoms with van der Waals surface area (Å²) in [5.41, 5.74) is 0.998. The fourth-order valence-electron chi connectivity index (χ4n) is 3.90. The van der Waals surface area contributed by atoms with Crippen molar-refractivity contribution >= 4 is 23.8 Å². The molecule has 29 heavy (non-hydrogen) atoms. The highest BCUT2D eigenvalue weighted by atomic mass is 32.2. The van der Waals surface area contributed by atoms with Gasteiger partial charge in [0, 0.05) is 23.9 Å². The van der Waals surface area contributed by atoms with E-state index in [-0.39, 0.29) is 12.6 Å². The van der Waals surface area contributed by atoms with Gasteiger partial charge in [-0.15, -0.1) is 16.8 Å². The number of carbonyl (C=O) groups excluding carboxylic acids is 2. The zero-order valence-electron chi connectivity index (χ0n) is 17.1. The Morgan fingerprint density at radius 1 is 1.34 bits per heavy atom. The number of nitrogens with zero attached hydrogens (tertiary/aromatic N) is 3. The highest BCUT2D eigenvalue weighted by Gasteiger charge is 2.30.